The Kier molecular flexibility index (Phi) is 2.73. The number of nitrogens with zero attached hydrogens (tertiary/aromatic N) is 1. The van der Waals surface area contributed by atoms with Gasteiger partial charge in [-0.2, -0.15) is 0 Å². The van der Waals surface area contributed by atoms with E-state index in [1.807, 2.05) is 18.0 Å². The number of anilines is 1. The molecule has 1 aliphatic heterocycles. The molecule has 0 bridgehead atoms. The summed E-state index contributed by atoms with van der Waals surface area (Å²) in [7, 11) is 3.24. The van der Waals surface area contributed by atoms with E-state index in [1.54, 1.807) is 12.1 Å². The lowest BCUT2D eigenvalue weighted by Crippen LogP contribution is -2.42. The lowest BCUT2D eigenvalue weighted by molar-refractivity contribution is -0.142. The molecule has 0 aliphatic carbocycles. The molecule has 1 aromatic rings. The number of phenolic OH excluding ortho intramolecular Hbond substituents is 1. The number of benzene rings is 1. The maximum Gasteiger partial charge on any atom is 0.328 e. The number of ether oxygens (including phenoxy) is 1. The number of phenols is 1. The number of hydrogen-bond donors (Lipinski definition) is 1. The summed E-state index contributed by atoms with van der Waals surface area (Å²) < 4.78 is 4.76. The summed E-state index contributed by atoms with van der Waals surface area (Å²) in [4.78, 5) is 13.4. The molecule has 86 valence electrons. The Morgan fingerprint density at radius 1 is 1.56 bits per heavy atom. The van der Waals surface area contributed by atoms with Crippen LogP contribution in [-0.2, 0) is 16.0 Å². The van der Waals surface area contributed by atoms with Gasteiger partial charge in [0.25, 0.3) is 0 Å². The zero-order chi connectivity index (χ0) is 11.7. The highest BCUT2D eigenvalue weighted by molar-refractivity contribution is 5.81. The molecule has 0 saturated heterocycles. The number of carbonyl (C=O) groups is 1. The molecule has 0 spiro atoms. The van der Waals surface area contributed by atoms with Crippen LogP contribution in [0.5, 0.6) is 5.75 Å². The fourth-order valence-electron chi connectivity index (χ4n) is 2.20. The van der Waals surface area contributed by atoms with Crippen LogP contribution in [0.4, 0.5) is 5.69 Å². The highest BCUT2D eigenvalue weighted by atomic mass is 16.5. The maximum absolute atomic E-state index is 11.5. The molecule has 16 heavy (non-hydrogen) atoms. The van der Waals surface area contributed by atoms with Crippen molar-refractivity contribution in [3.63, 3.8) is 0 Å². The molecule has 4 heteroatoms. The van der Waals surface area contributed by atoms with Crippen LogP contribution in [0.2, 0.25) is 0 Å². The molecule has 4 nitrogen and oxygen atoms in total. The second kappa shape index (κ2) is 4.04. The number of aromatic hydroxyl groups is 1. The van der Waals surface area contributed by atoms with Crippen molar-refractivity contribution in [3.05, 3.63) is 23.8 Å². The summed E-state index contributed by atoms with van der Waals surface area (Å²) in [6.45, 7) is 0. The molecule has 0 saturated carbocycles. The minimum absolute atomic E-state index is 0.225. The zero-order valence-corrected chi connectivity index (χ0v) is 9.43. The highest BCUT2D eigenvalue weighted by Gasteiger charge is 2.30. The quantitative estimate of drug-likeness (QED) is 0.726. The van der Waals surface area contributed by atoms with Crippen molar-refractivity contribution in [1.29, 1.82) is 0 Å². The van der Waals surface area contributed by atoms with Gasteiger partial charge in [-0.1, -0.05) is 6.07 Å². The molecule has 0 radical (unpaired) electrons. The number of rotatable bonds is 1. The Hall–Kier alpha value is -1.71. The van der Waals surface area contributed by atoms with Gasteiger partial charge in [-0.15, -0.1) is 0 Å². The van der Waals surface area contributed by atoms with Crippen LogP contribution in [0.3, 0.4) is 0 Å². The predicted octanol–water partition coefficient (Wildman–Crippen LogP) is 1.32. The Morgan fingerprint density at radius 2 is 2.31 bits per heavy atom. The molecule has 1 heterocycles. The summed E-state index contributed by atoms with van der Waals surface area (Å²) in [6, 6.07) is 5.11. The van der Waals surface area contributed by atoms with E-state index in [4.69, 9.17) is 4.74 Å². The Labute approximate surface area is 94.4 Å². The second-order valence-electron chi connectivity index (χ2n) is 3.96. The SMILES string of the molecule is COC(=O)C1CCc2c(O)cccc2N1C. The number of fused-ring (bicyclic) bond motifs is 1. The average molecular weight is 221 g/mol. The first-order valence-corrected chi connectivity index (χ1v) is 5.26. The summed E-state index contributed by atoms with van der Waals surface area (Å²) in [5, 5.41) is 9.71. The van der Waals surface area contributed by atoms with E-state index in [9.17, 15) is 9.90 Å². The van der Waals surface area contributed by atoms with Gasteiger partial charge in [-0.3, -0.25) is 0 Å². The van der Waals surface area contributed by atoms with E-state index in [0.29, 0.717) is 18.6 Å². The topological polar surface area (TPSA) is 49.8 Å². The van der Waals surface area contributed by atoms with Gasteiger partial charge < -0.3 is 14.7 Å². The van der Waals surface area contributed by atoms with Crippen LogP contribution in [0, 0.1) is 0 Å². The summed E-state index contributed by atoms with van der Waals surface area (Å²) >= 11 is 0. The van der Waals surface area contributed by atoms with E-state index in [0.717, 1.165) is 11.3 Å². The van der Waals surface area contributed by atoms with Crippen LogP contribution in [0.15, 0.2) is 18.2 Å². The molecule has 0 aromatic heterocycles. The van der Waals surface area contributed by atoms with Crippen LogP contribution in [0.1, 0.15) is 12.0 Å². The van der Waals surface area contributed by atoms with E-state index >= 15 is 0 Å². The summed E-state index contributed by atoms with van der Waals surface area (Å²) in [6.07, 6.45) is 1.37. The number of carbonyl (C=O) groups excluding carboxylic acids is 1. The Morgan fingerprint density at radius 3 is 3.00 bits per heavy atom. The first-order chi connectivity index (χ1) is 7.65. The monoisotopic (exact) mass is 221 g/mol. The first-order valence-electron chi connectivity index (χ1n) is 5.26. The normalized spacial score (nSPS) is 19.1. The highest BCUT2D eigenvalue weighted by Crippen LogP contribution is 2.35. The first kappa shape index (κ1) is 10.8. The smallest absolute Gasteiger partial charge is 0.328 e. The van der Waals surface area contributed by atoms with Crippen LogP contribution < -0.4 is 4.90 Å². The average Bonchev–Trinajstić information content (AvgIpc) is 2.30. The molecule has 1 aliphatic rings. The number of likely N-dealkylation sites (N-methyl/N-ethyl adjacent to an activating group) is 1. The number of esters is 1. The third-order valence-electron chi connectivity index (χ3n) is 3.12. The van der Waals surface area contributed by atoms with Gasteiger partial charge in [0, 0.05) is 18.3 Å². The van der Waals surface area contributed by atoms with Crippen LogP contribution in [0.25, 0.3) is 0 Å². The van der Waals surface area contributed by atoms with E-state index in [2.05, 4.69) is 0 Å². The van der Waals surface area contributed by atoms with Crippen molar-refractivity contribution < 1.29 is 14.6 Å². The predicted molar refractivity (Wildman–Crippen MR) is 60.6 cm³/mol. The third-order valence-corrected chi connectivity index (χ3v) is 3.12. The second-order valence-corrected chi connectivity index (χ2v) is 3.96. The Balaban J connectivity index is 2.36. The van der Waals surface area contributed by atoms with Gasteiger partial charge >= 0.3 is 5.97 Å². The van der Waals surface area contributed by atoms with Crippen molar-refractivity contribution in [3.8, 4) is 5.75 Å². The van der Waals surface area contributed by atoms with Crippen LogP contribution >= 0.6 is 0 Å². The fraction of sp³-hybridized carbons (Fsp3) is 0.417. The molecule has 0 amide bonds. The van der Waals surface area contributed by atoms with E-state index in [1.165, 1.54) is 7.11 Å². The van der Waals surface area contributed by atoms with Crippen molar-refractivity contribution >= 4 is 11.7 Å². The van der Waals surface area contributed by atoms with Gasteiger partial charge in [-0.05, 0) is 25.0 Å². The van der Waals surface area contributed by atoms with Crippen molar-refractivity contribution in [2.75, 3.05) is 19.1 Å². The van der Waals surface area contributed by atoms with E-state index in [-0.39, 0.29) is 12.0 Å². The largest absolute Gasteiger partial charge is 0.508 e. The van der Waals surface area contributed by atoms with Gasteiger partial charge in [-0.25, -0.2) is 4.79 Å². The van der Waals surface area contributed by atoms with Gasteiger partial charge in [0.15, 0.2) is 0 Å². The molecular formula is C12H15NO3. The molecule has 1 N–H and O–H groups in total. The van der Waals surface area contributed by atoms with Crippen molar-refractivity contribution in [1.82, 2.24) is 0 Å². The molecular weight excluding hydrogens is 206 g/mol. The lowest BCUT2D eigenvalue weighted by Gasteiger charge is -2.34. The van der Waals surface area contributed by atoms with Gasteiger partial charge in [0.2, 0.25) is 0 Å². The van der Waals surface area contributed by atoms with Gasteiger partial charge in [0.05, 0.1) is 7.11 Å². The minimum atomic E-state index is -0.251. The van der Waals surface area contributed by atoms with Gasteiger partial charge in [0.1, 0.15) is 11.8 Å². The standard InChI is InChI=1S/C12H15NO3/c1-13-9-4-3-5-11(14)8(9)6-7-10(13)12(15)16-2/h3-5,10,14H,6-7H2,1-2H3. The minimum Gasteiger partial charge on any atom is -0.508 e. The summed E-state index contributed by atoms with van der Waals surface area (Å²) in [5.41, 5.74) is 1.81. The number of methoxy groups -OCH3 is 1. The fourth-order valence-corrected chi connectivity index (χ4v) is 2.20. The number of hydrogen-bond acceptors (Lipinski definition) is 4. The molecule has 1 unspecified atom stereocenters. The molecule has 0 fully saturated rings. The van der Waals surface area contributed by atoms with Crippen molar-refractivity contribution in [2.45, 2.75) is 18.9 Å². The molecule has 2 rings (SSSR count). The maximum atomic E-state index is 11.5. The van der Waals surface area contributed by atoms with E-state index < -0.39 is 0 Å². The van der Waals surface area contributed by atoms with Crippen LogP contribution in [-0.4, -0.2) is 31.3 Å². The zero-order valence-electron chi connectivity index (χ0n) is 9.43. The Bertz CT molecular complexity index is 417. The molecule has 1 aromatic carbocycles. The third kappa shape index (κ3) is 1.60. The van der Waals surface area contributed by atoms with Crippen molar-refractivity contribution in [2.24, 2.45) is 0 Å². The lowest BCUT2D eigenvalue weighted by atomic mass is 9.95. The summed E-state index contributed by atoms with van der Waals surface area (Å²) in [5.74, 6) is 0.0733. The molecule has 1 atom stereocenters.